The molecule has 2 heterocycles. The summed E-state index contributed by atoms with van der Waals surface area (Å²) in [5.74, 6) is -0.0846. The smallest absolute Gasteiger partial charge is 0.489 e. The molecule has 2 aromatic carbocycles. The maximum atomic E-state index is 12.8. The Labute approximate surface area is 218 Å². The molecular formula is C26H29ClF3N3O4. The molecule has 1 N–H and O–H groups in total. The largest absolute Gasteiger partial charge is 0.573 e. The lowest BCUT2D eigenvalue weighted by Gasteiger charge is -2.34. The predicted molar refractivity (Wildman–Crippen MR) is 134 cm³/mol. The number of nitrogens with one attached hydrogen (secondary N) is 1. The van der Waals surface area contributed by atoms with Crippen molar-refractivity contribution in [1.29, 1.82) is 0 Å². The molecule has 37 heavy (non-hydrogen) atoms. The number of ether oxygens (including phenoxy) is 2. The third kappa shape index (κ3) is 7.21. The molecule has 0 spiro atoms. The highest BCUT2D eigenvalue weighted by atomic mass is 35.5. The van der Waals surface area contributed by atoms with Gasteiger partial charge in [-0.25, -0.2) is 0 Å². The Balaban J connectivity index is 1.29. The summed E-state index contributed by atoms with van der Waals surface area (Å²) in [5, 5.41) is 3.23. The van der Waals surface area contributed by atoms with Gasteiger partial charge < -0.3 is 24.6 Å². The molecule has 4 rings (SSSR count). The van der Waals surface area contributed by atoms with E-state index in [0.717, 1.165) is 18.5 Å². The third-order valence-corrected chi connectivity index (χ3v) is 6.88. The number of halogens is 4. The van der Waals surface area contributed by atoms with Crippen LogP contribution in [0.2, 0.25) is 5.02 Å². The maximum Gasteiger partial charge on any atom is 0.573 e. The number of rotatable bonds is 6. The number of carbonyl (C=O) groups is 2. The number of benzene rings is 2. The van der Waals surface area contributed by atoms with Gasteiger partial charge in [-0.05, 0) is 61.7 Å². The summed E-state index contributed by atoms with van der Waals surface area (Å²) in [4.78, 5) is 28.3. The molecule has 0 aromatic heterocycles. The van der Waals surface area contributed by atoms with Gasteiger partial charge in [0.05, 0.1) is 5.02 Å². The minimum absolute atomic E-state index is 0.0756. The summed E-state index contributed by atoms with van der Waals surface area (Å²) in [7, 11) is 0. The first-order valence-electron chi connectivity index (χ1n) is 12.2. The van der Waals surface area contributed by atoms with Crippen molar-refractivity contribution in [2.45, 2.75) is 57.5 Å². The number of anilines is 2. The van der Waals surface area contributed by atoms with Crippen molar-refractivity contribution in [1.82, 2.24) is 4.90 Å². The van der Waals surface area contributed by atoms with Crippen molar-refractivity contribution >= 4 is 34.8 Å². The molecule has 0 radical (unpaired) electrons. The first-order chi connectivity index (χ1) is 17.6. The summed E-state index contributed by atoms with van der Waals surface area (Å²) in [6.45, 7) is 3.40. The monoisotopic (exact) mass is 539 g/mol. The summed E-state index contributed by atoms with van der Waals surface area (Å²) in [5.41, 5.74) is 1.34. The second kappa shape index (κ2) is 11.5. The van der Waals surface area contributed by atoms with E-state index < -0.39 is 12.4 Å². The van der Waals surface area contributed by atoms with E-state index >= 15 is 0 Å². The first-order valence-corrected chi connectivity index (χ1v) is 12.6. The van der Waals surface area contributed by atoms with Gasteiger partial charge in [0.1, 0.15) is 23.6 Å². The van der Waals surface area contributed by atoms with Crippen molar-refractivity contribution in [2.24, 2.45) is 0 Å². The molecule has 7 nitrogen and oxygen atoms in total. The van der Waals surface area contributed by atoms with E-state index in [1.807, 2.05) is 0 Å². The van der Waals surface area contributed by atoms with Crippen molar-refractivity contribution in [3.63, 3.8) is 0 Å². The fourth-order valence-corrected chi connectivity index (χ4v) is 4.98. The topological polar surface area (TPSA) is 71.1 Å². The number of amides is 2. The Morgan fingerprint density at radius 3 is 2.32 bits per heavy atom. The number of alkyl halides is 3. The number of hydrogen-bond acceptors (Lipinski definition) is 5. The molecule has 1 atom stereocenters. The van der Waals surface area contributed by atoms with E-state index in [1.165, 1.54) is 19.1 Å². The molecule has 2 aromatic rings. The van der Waals surface area contributed by atoms with Gasteiger partial charge in [-0.3, -0.25) is 9.59 Å². The Hall–Kier alpha value is -3.14. The molecule has 200 valence electrons. The van der Waals surface area contributed by atoms with Crippen molar-refractivity contribution in [3.05, 3.63) is 47.5 Å². The van der Waals surface area contributed by atoms with Gasteiger partial charge in [0.25, 0.3) is 0 Å². The lowest BCUT2D eigenvalue weighted by Crippen LogP contribution is -2.49. The summed E-state index contributed by atoms with van der Waals surface area (Å²) < 4.78 is 47.1. The van der Waals surface area contributed by atoms with Crippen LogP contribution in [0.25, 0.3) is 0 Å². The average molecular weight is 540 g/mol. The Morgan fingerprint density at radius 1 is 1.00 bits per heavy atom. The molecule has 11 heteroatoms. The van der Waals surface area contributed by atoms with Crippen LogP contribution in [-0.2, 0) is 9.59 Å². The number of nitrogens with zero attached hydrogens (tertiary/aromatic N) is 2. The molecule has 2 amide bonds. The van der Waals surface area contributed by atoms with Gasteiger partial charge in [0.15, 0.2) is 0 Å². The van der Waals surface area contributed by atoms with Crippen LogP contribution in [-0.4, -0.2) is 54.9 Å². The molecule has 0 aliphatic carbocycles. The van der Waals surface area contributed by atoms with Gasteiger partial charge in [0, 0.05) is 50.8 Å². The molecule has 2 fully saturated rings. The lowest BCUT2D eigenvalue weighted by atomic mass is 10.0. The van der Waals surface area contributed by atoms with Crippen molar-refractivity contribution < 1.29 is 32.2 Å². The minimum atomic E-state index is -4.71. The zero-order chi connectivity index (χ0) is 26.6. The van der Waals surface area contributed by atoms with E-state index in [1.54, 1.807) is 35.2 Å². The summed E-state index contributed by atoms with van der Waals surface area (Å²) >= 11 is 6.44. The predicted octanol–water partition coefficient (Wildman–Crippen LogP) is 5.63. The van der Waals surface area contributed by atoms with Crippen LogP contribution in [0.1, 0.15) is 39.0 Å². The van der Waals surface area contributed by atoms with Gasteiger partial charge >= 0.3 is 6.36 Å². The second-order valence-corrected chi connectivity index (χ2v) is 9.61. The average Bonchev–Trinajstić information content (AvgIpc) is 2.85. The molecule has 2 saturated heterocycles. The summed E-state index contributed by atoms with van der Waals surface area (Å²) in [6.07, 6.45) is -0.960. The van der Waals surface area contributed by atoms with Gasteiger partial charge in [-0.1, -0.05) is 11.6 Å². The van der Waals surface area contributed by atoms with E-state index in [9.17, 15) is 22.8 Å². The fraction of sp³-hybridized carbons (Fsp3) is 0.462. The van der Waals surface area contributed by atoms with Crippen molar-refractivity contribution in [3.8, 4) is 11.5 Å². The zero-order valence-electron chi connectivity index (χ0n) is 20.4. The van der Waals surface area contributed by atoms with Gasteiger partial charge in [-0.15, -0.1) is 13.2 Å². The van der Waals surface area contributed by atoms with Crippen LogP contribution >= 0.6 is 11.6 Å². The molecule has 0 saturated carbocycles. The van der Waals surface area contributed by atoms with Crippen molar-refractivity contribution in [2.75, 3.05) is 29.9 Å². The van der Waals surface area contributed by atoms with Crippen LogP contribution in [0.4, 0.5) is 24.5 Å². The van der Waals surface area contributed by atoms with E-state index in [2.05, 4.69) is 15.0 Å². The van der Waals surface area contributed by atoms with Crippen LogP contribution in [0, 0.1) is 0 Å². The van der Waals surface area contributed by atoms with Gasteiger partial charge in [0.2, 0.25) is 11.8 Å². The molecular weight excluding hydrogens is 511 g/mol. The zero-order valence-corrected chi connectivity index (χ0v) is 21.1. The second-order valence-electron chi connectivity index (χ2n) is 9.20. The van der Waals surface area contributed by atoms with E-state index in [0.29, 0.717) is 55.4 Å². The van der Waals surface area contributed by atoms with E-state index in [-0.39, 0.29) is 23.7 Å². The highest BCUT2D eigenvalue weighted by molar-refractivity contribution is 6.32. The standard InChI is InChI=1S/C26H29ClF3N3O4/c1-17(34)33-13-3-2-4-23(33)25(35)31-18-5-10-24(22(27)16-18)36-20-11-14-32(15-12-20)19-6-8-21(9-7-19)37-26(28,29)30/h5-10,16,20,23H,2-4,11-15H2,1H3,(H,31,35)/t23-/m1/s1. The first kappa shape index (κ1) is 26.9. The number of likely N-dealkylation sites (tertiary alicyclic amines) is 1. The number of piperidine rings is 2. The highest BCUT2D eigenvalue weighted by Crippen LogP contribution is 2.32. The third-order valence-electron chi connectivity index (χ3n) is 6.58. The number of carbonyl (C=O) groups excluding carboxylic acids is 2. The lowest BCUT2D eigenvalue weighted by molar-refractivity contribution is -0.274. The van der Waals surface area contributed by atoms with E-state index in [4.69, 9.17) is 16.3 Å². The Morgan fingerprint density at radius 2 is 1.70 bits per heavy atom. The summed E-state index contributed by atoms with van der Waals surface area (Å²) in [6, 6.07) is 10.4. The van der Waals surface area contributed by atoms with Crippen LogP contribution in [0.5, 0.6) is 11.5 Å². The van der Waals surface area contributed by atoms with Crippen LogP contribution in [0.3, 0.4) is 0 Å². The molecule has 0 bridgehead atoms. The Bertz CT molecular complexity index is 1110. The van der Waals surface area contributed by atoms with Crippen LogP contribution in [0.15, 0.2) is 42.5 Å². The molecule has 2 aliphatic heterocycles. The normalized spacial score (nSPS) is 18.9. The molecule has 0 unspecified atom stereocenters. The van der Waals surface area contributed by atoms with Crippen LogP contribution < -0.4 is 19.7 Å². The highest BCUT2D eigenvalue weighted by Gasteiger charge is 2.32. The SMILES string of the molecule is CC(=O)N1CCCC[C@@H]1C(=O)Nc1ccc(OC2CCN(c3ccc(OC(F)(F)F)cc3)CC2)c(Cl)c1. The number of hydrogen-bond donors (Lipinski definition) is 1. The molecule has 2 aliphatic rings. The maximum absolute atomic E-state index is 12.8. The fourth-order valence-electron chi connectivity index (χ4n) is 4.75. The van der Waals surface area contributed by atoms with Gasteiger partial charge in [-0.2, -0.15) is 0 Å². The minimum Gasteiger partial charge on any atom is -0.489 e. The Kier molecular flexibility index (Phi) is 8.36. The quantitative estimate of drug-likeness (QED) is 0.515.